The lowest BCUT2D eigenvalue weighted by atomic mass is 9.95. The number of benzene rings is 4. The van der Waals surface area contributed by atoms with Crippen molar-refractivity contribution in [1.29, 1.82) is 0 Å². The number of aromatic hydroxyl groups is 2. The Morgan fingerprint density at radius 1 is 0.679 bits per heavy atom. The number of cyclic esters (lactones) is 2. The van der Waals surface area contributed by atoms with Gasteiger partial charge in [-0.3, -0.25) is 4.52 Å². The highest BCUT2D eigenvalue weighted by molar-refractivity contribution is 7.54. The van der Waals surface area contributed by atoms with Crippen LogP contribution in [0.4, 0.5) is 0 Å². The molecular weight excluding hydrogens is 1060 g/mol. The lowest BCUT2D eigenvalue weighted by Crippen LogP contribution is -2.24. The Labute approximate surface area is 455 Å². The third-order valence-corrected chi connectivity index (χ3v) is 13.9. The number of methoxy groups -OCH3 is 2. The first-order valence-electron chi connectivity index (χ1n) is 24.2. The summed E-state index contributed by atoms with van der Waals surface area (Å²) in [5.41, 5.74) is 5.49. The number of para-hydroxylation sites is 2. The van der Waals surface area contributed by atoms with Crippen molar-refractivity contribution in [2.24, 2.45) is 0 Å². The fraction of sp³-hybridized carbons (Fsp3) is 0.418. The van der Waals surface area contributed by atoms with Crippen LogP contribution in [0.5, 0.6) is 34.5 Å². The molecular formula is C55H72O21P2. The molecule has 0 saturated heterocycles. The van der Waals surface area contributed by atoms with Gasteiger partial charge in [-0.2, -0.15) is 0 Å². The molecule has 78 heavy (non-hydrogen) atoms. The predicted octanol–water partition coefficient (Wildman–Crippen LogP) is 9.76. The molecule has 2 heterocycles. The van der Waals surface area contributed by atoms with E-state index in [0.29, 0.717) is 46.1 Å². The number of rotatable bonds is 24. The van der Waals surface area contributed by atoms with Crippen molar-refractivity contribution in [3.63, 3.8) is 0 Å². The molecule has 4 aromatic carbocycles. The van der Waals surface area contributed by atoms with Gasteiger partial charge in [0, 0.05) is 22.3 Å². The monoisotopic (exact) mass is 1130 g/mol. The predicted molar refractivity (Wildman–Crippen MR) is 287 cm³/mol. The summed E-state index contributed by atoms with van der Waals surface area (Å²) in [6, 6.07) is 16.8. The van der Waals surface area contributed by atoms with Crippen LogP contribution in [0.3, 0.4) is 0 Å². The van der Waals surface area contributed by atoms with Crippen LogP contribution in [0.25, 0.3) is 0 Å². The second-order valence-electron chi connectivity index (χ2n) is 17.3. The van der Waals surface area contributed by atoms with Crippen molar-refractivity contribution in [3.05, 3.63) is 128 Å². The molecule has 0 spiro atoms. The molecule has 2 aliphatic heterocycles. The molecule has 0 aliphatic carbocycles. The smallest absolute Gasteiger partial charge is 0.405 e. The van der Waals surface area contributed by atoms with Gasteiger partial charge in [-0.1, -0.05) is 67.1 Å². The maximum absolute atomic E-state index is 13.5. The first-order valence-corrected chi connectivity index (χ1v) is 27.7. The van der Waals surface area contributed by atoms with Gasteiger partial charge in [0.15, 0.2) is 18.8 Å². The molecule has 428 valence electrons. The normalized spacial score (nSPS) is 14.8. The maximum atomic E-state index is 13.5. The molecule has 0 amide bonds. The van der Waals surface area contributed by atoms with Gasteiger partial charge in [0.2, 0.25) is 0 Å². The molecule has 0 fully saturated rings. The fourth-order valence-corrected chi connectivity index (χ4v) is 9.87. The van der Waals surface area contributed by atoms with Crippen LogP contribution in [-0.4, -0.2) is 110 Å². The average Bonchev–Trinajstić information content (AvgIpc) is 3.99. The number of aliphatic hydroxyl groups is 1. The summed E-state index contributed by atoms with van der Waals surface area (Å²) in [6.45, 7) is 14.2. The quantitative estimate of drug-likeness (QED) is 0.0220. The molecule has 2 unspecified atom stereocenters. The van der Waals surface area contributed by atoms with Crippen molar-refractivity contribution in [2.75, 3.05) is 53.3 Å². The van der Waals surface area contributed by atoms with Crippen LogP contribution in [0.15, 0.2) is 84.0 Å². The van der Waals surface area contributed by atoms with Crippen LogP contribution in [0.1, 0.15) is 103 Å². The Balaban J connectivity index is 0.000000360. The van der Waals surface area contributed by atoms with Crippen LogP contribution >= 0.6 is 15.2 Å². The largest absolute Gasteiger partial charge is 0.507 e. The maximum Gasteiger partial charge on any atom is 0.405 e. The van der Waals surface area contributed by atoms with Gasteiger partial charge < -0.3 is 67.2 Å². The van der Waals surface area contributed by atoms with Gasteiger partial charge in [-0.25, -0.2) is 28.3 Å². The second-order valence-corrected chi connectivity index (χ2v) is 20.9. The highest BCUT2D eigenvalue weighted by Gasteiger charge is 2.35. The van der Waals surface area contributed by atoms with Gasteiger partial charge in [0.1, 0.15) is 64.9 Å². The van der Waals surface area contributed by atoms with Gasteiger partial charge in [-0.15, -0.1) is 0 Å². The number of allylic oxidation sites excluding steroid dienone is 2. The number of esters is 4. The van der Waals surface area contributed by atoms with Crippen LogP contribution in [0, 0.1) is 13.8 Å². The number of hydrogen-bond donors (Lipinski definition) is 4. The summed E-state index contributed by atoms with van der Waals surface area (Å²) in [6.07, 6.45) is 1.12. The van der Waals surface area contributed by atoms with E-state index < -0.39 is 64.0 Å². The number of aliphatic hydroxyl groups excluding tert-OH is 1. The zero-order chi connectivity index (χ0) is 57.0. The molecule has 4 N–H and O–H groups in total. The molecule has 0 saturated carbocycles. The van der Waals surface area contributed by atoms with Gasteiger partial charge in [-0.05, 0) is 104 Å². The van der Waals surface area contributed by atoms with Crippen molar-refractivity contribution in [2.45, 2.75) is 101 Å². The molecule has 0 bridgehead atoms. The van der Waals surface area contributed by atoms with Crippen molar-refractivity contribution < 1.29 is 100.0 Å². The molecule has 6 rings (SSSR count). The Bertz CT molecular complexity index is 2850. The number of carbonyl (C=O) groups excluding carboxylic acids is 4. The molecule has 4 aromatic rings. The van der Waals surface area contributed by atoms with Gasteiger partial charge >= 0.3 is 39.1 Å². The number of fused-ring (bicyclic) bond motifs is 2. The minimum atomic E-state index is -3.95. The standard InChI is InChI=1S/C27H33O10P.C22H25O8P.C5H10O3.CH4/c1-6-34-26(29)19(4)36-38(31,37-20-10-8-7-9-11-20)16-33-14-17(2)12-13-21-24(28)23-22(15-35-27(23)30)18(3)25(21)32-5;1-14(11-28-13-31(25,26)30-16-7-5-4-6-8-16)9-10-17-20(23)19-18(12-29-22(19)24)15(2)21(17)27-3;1-3-8-5(7)4(2)6;/h7-12,19,28H,6,13-16H2,1-5H3;4-9,23H,10-13H2,1-3H3,(H,25,26);4,6H,3H2,1-2H3;1H4/b17-12+;14-9+;;/t19-,38?;;4-;/m0.0./s1. The number of carbonyl (C=O) groups is 4. The minimum Gasteiger partial charge on any atom is -0.507 e. The summed E-state index contributed by atoms with van der Waals surface area (Å²) < 4.78 is 83.3. The summed E-state index contributed by atoms with van der Waals surface area (Å²) >= 11 is 0. The second kappa shape index (κ2) is 31.0. The number of hydrogen-bond acceptors (Lipinski definition) is 20. The summed E-state index contributed by atoms with van der Waals surface area (Å²) in [5, 5.41) is 29.9. The van der Waals surface area contributed by atoms with E-state index in [0.717, 1.165) is 22.3 Å². The summed E-state index contributed by atoms with van der Waals surface area (Å²) in [4.78, 5) is 56.3. The molecule has 0 aromatic heterocycles. The molecule has 0 radical (unpaired) electrons. The van der Waals surface area contributed by atoms with Crippen LogP contribution in [-0.2, 0) is 77.7 Å². The average molecular weight is 1130 g/mol. The van der Waals surface area contributed by atoms with Crippen molar-refractivity contribution >= 4 is 39.1 Å². The molecule has 21 nitrogen and oxygen atoms in total. The number of phenols is 2. The van der Waals surface area contributed by atoms with Crippen molar-refractivity contribution in [3.8, 4) is 34.5 Å². The molecule has 2 aliphatic rings. The number of phenolic OH excluding ortho intramolecular Hbond substituents is 2. The molecule has 23 heteroatoms. The Kier molecular flexibility index (Phi) is 26.1. The fourth-order valence-electron chi connectivity index (χ4n) is 7.57. The third kappa shape index (κ3) is 18.5. The first kappa shape index (κ1) is 65.6. The minimum absolute atomic E-state index is 0. The summed E-state index contributed by atoms with van der Waals surface area (Å²) in [7, 11) is -4.87. The third-order valence-electron chi connectivity index (χ3n) is 11.3. The summed E-state index contributed by atoms with van der Waals surface area (Å²) in [5.74, 6) is -1.11. The highest BCUT2D eigenvalue weighted by atomic mass is 31.2. The lowest BCUT2D eigenvalue weighted by molar-refractivity contribution is -0.152. The Morgan fingerprint density at radius 3 is 1.49 bits per heavy atom. The zero-order valence-electron chi connectivity index (χ0n) is 44.8. The van der Waals surface area contributed by atoms with E-state index in [2.05, 4.69) is 4.74 Å². The van der Waals surface area contributed by atoms with E-state index in [9.17, 15) is 43.4 Å². The SMILES string of the molecule is C.CCOC(=O)[C@H](C)O.CCOC(=O)[C@H](C)OP(=O)(COC/C(C)=C/Cc1c(O)c2c(c(C)c1OC)COC2=O)Oc1ccccc1.COc1c(C)c2c(c(O)c1C/C=C(\C)COCP(=O)(O)Oc1ccccc1)C(=O)OC2. The van der Waals surface area contributed by atoms with E-state index in [1.165, 1.54) is 28.1 Å². The van der Waals surface area contributed by atoms with E-state index in [4.69, 9.17) is 51.8 Å². The van der Waals surface area contributed by atoms with Crippen LogP contribution < -0.4 is 18.5 Å². The lowest BCUT2D eigenvalue weighted by Gasteiger charge is -2.22. The molecule has 4 atom stereocenters. The first-order chi connectivity index (χ1) is 36.5. The van der Waals surface area contributed by atoms with E-state index in [1.54, 1.807) is 101 Å². The zero-order valence-corrected chi connectivity index (χ0v) is 46.6. The van der Waals surface area contributed by atoms with Gasteiger partial charge in [0.05, 0.1) is 40.6 Å². The highest BCUT2D eigenvalue weighted by Crippen LogP contribution is 2.50. The van der Waals surface area contributed by atoms with E-state index in [-0.39, 0.29) is 81.7 Å². The van der Waals surface area contributed by atoms with E-state index in [1.807, 2.05) is 13.8 Å². The topological polar surface area (TPSA) is 285 Å². The van der Waals surface area contributed by atoms with Crippen LogP contribution in [0.2, 0.25) is 0 Å². The Morgan fingerprint density at radius 2 is 1.09 bits per heavy atom. The van der Waals surface area contributed by atoms with E-state index >= 15 is 0 Å². The number of ether oxygens (including phenoxy) is 8. The van der Waals surface area contributed by atoms with Gasteiger partial charge in [0.25, 0.3) is 0 Å². The van der Waals surface area contributed by atoms with Crippen molar-refractivity contribution in [1.82, 2.24) is 0 Å². The Hall–Kier alpha value is -6.70.